The number of carbonyl (C=O) groups is 1. The Kier molecular flexibility index (Phi) is 6.46. The predicted octanol–water partition coefficient (Wildman–Crippen LogP) is 4.46. The van der Waals surface area contributed by atoms with Crippen LogP contribution in [0.1, 0.15) is 39.0 Å². The van der Waals surface area contributed by atoms with Crippen molar-refractivity contribution in [1.29, 1.82) is 0 Å². The van der Waals surface area contributed by atoms with Gasteiger partial charge in [-0.2, -0.15) is 5.10 Å². The van der Waals surface area contributed by atoms with E-state index in [-0.39, 0.29) is 21.4 Å². The number of aromatic nitrogens is 2. The molecule has 32 heavy (non-hydrogen) atoms. The molecule has 0 spiro atoms. The van der Waals surface area contributed by atoms with E-state index in [0.717, 1.165) is 5.56 Å². The van der Waals surface area contributed by atoms with Crippen LogP contribution < -0.4 is 9.47 Å². The van der Waals surface area contributed by atoms with Gasteiger partial charge in [-0.15, -0.1) is 0 Å². The molecule has 0 aliphatic rings. The summed E-state index contributed by atoms with van der Waals surface area (Å²) in [6, 6.07) is 15.4. The number of carbonyl (C=O) groups excluding carboxylic acids is 1. The lowest BCUT2D eigenvalue weighted by molar-refractivity contribution is -0.142. The molecule has 3 rings (SSSR count). The van der Waals surface area contributed by atoms with Crippen LogP contribution in [0.3, 0.4) is 0 Å². The number of esters is 1. The molecule has 0 N–H and O–H groups in total. The van der Waals surface area contributed by atoms with Crippen molar-refractivity contribution in [2.45, 2.75) is 63.0 Å². The van der Waals surface area contributed by atoms with Crippen LogP contribution in [0, 0.1) is 13.8 Å². The van der Waals surface area contributed by atoms with E-state index in [1.807, 2.05) is 33.8 Å². The van der Waals surface area contributed by atoms with Gasteiger partial charge in [-0.3, -0.25) is 0 Å². The lowest BCUT2D eigenvalue weighted by atomic mass is 10.1. The van der Waals surface area contributed by atoms with E-state index in [9.17, 15) is 13.2 Å². The molecule has 1 aromatic heterocycles. The van der Waals surface area contributed by atoms with Crippen LogP contribution in [0.15, 0.2) is 64.4 Å². The summed E-state index contributed by atoms with van der Waals surface area (Å²) in [5.74, 6) is -0.339. The number of nitrogens with zero attached hydrogens (tertiary/aromatic N) is 2. The van der Waals surface area contributed by atoms with Crippen LogP contribution in [0.4, 0.5) is 0 Å². The normalized spacial score (nSPS) is 12.9. The molecule has 2 aromatic carbocycles. The fraction of sp³-hybridized carbons (Fsp3) is 0.333. The first-order chi connectivity index (χ1) is 14.9. The molecule has 0 aliphatic heterocycles. The second kappa shape index (κ2) is 8.78. The summed E-state index contributed by atoms with van der Waals surface area (Å²) >= 11 is 0. The van der Waals surface area contributed by atoms with Crippen molar-refractivity contribution in [1.82, 2.24) is 9.78 Å². The minimum atomic E-state index is -3.99. The van der Waals surface area contributed by atoms with Gasteiger partial charge >= 0.3 is 5.97 Å². The van der Waals surface area contributed by atoms with Gasteiger partial charge in [0, 0.05) is 0 Å². The third kappa shape index (κ3) is 4.85. The molecule has 170 valence electrons. The van der Waals surface area contributed by atoms with E-state index >= 15 is 0 Å². The van der Waals surface area contributed by atoms with Crippen molar-refractivity contribution in [3.8, 4) is 11.6 Å². The molecule has 1 unspecified atom stereocenters. The molecular formula is C24H28N2O5S. The van der Waals surface area contributed by atoms with Crippen molar-refractivity contribution < 1.29 is 22.7 Å². The lowest BCUT2D eigenvalue weighted by Gasteiger charge is -2.23. The Bertz CT molecular complexity index is 1210. The molecule has 1 heterocycles. The van der Waals surface area contributed by atoms with Crippen molar-refractivity contribution in [3.63, 3.8) is 0 Å². The first-order valence-corrected chi connectivity index (χ1v) is 11.7. The van der Waals surface area contributed by atoms with Gasteiger partial charge < -0.3 is 9.47 Å². The van der Waals surface area contributed by atoms with Crippen LogP contribution in [-0.4, -0.2) is 30.3 Å². The zero-order chi connectivity index (χ0) is 23.7. The van der Waals surface area contributed by atoms with Gasteiger partial charge in [-0.25, -0.2) is 17.9 Å². The maximum absolute atomic E-state index is 13.5. The zero-order valence-corrected chi connectivity index (χ0v) is 19.9. The maximum Gasteiger partial charge on any atom is 0.353 e. The molecule has 0 radical (unpaired) electrons. The first kappa shape index (κ1) is 23.5. The monoisotopic (exact) mass is 456 g/mol. The van der Waals surface area contributed by atoms with Gasteiger partial charge in [-0.1, -0.05) is 35.9 Å². The third-order valence-corrected chi connectivity index (χ3v) is 6.69. The summed E-state index contributed by atoms with van der Waals surface area (Å²) in [6.45, 7) is 10.6. The highest BCUT2D eigenvalue weighted by atomic mass is 32.2. The molecule has 3 aromatic rings. The van der Waals surface area contributed by atoms with E-state index in [1.165, 1.54) is 16.8 Å². The predicted molar refractivity (Wildman–Crippen MR) is 121 cm³/mol. The van der Waals surface area contributed by atoms with E-state index in [4.69, 9.17) is 9.47 Å². The second-order valence-electron chi connectivity index (χ2n) is 8.61. The van der Waals surface area contributed by atoms with Crippen LogP contribution in [0.25, 0.3) is 0 Å². The number of hydrogen-bond donors (Lipinski definition) is 0. The Morgan fingerprint density at radius 2 is 1.59 bits per heavy atom. The molecule has 0 saturated carbocycles. The molecule has 7 nitrogen and oxygen atoms in total. The lowest BCUT2D eigenvalue weighted by Crippen LogP contribution is -2.32. The first-order valence-electron chi connectivity index (χ1n) is 10.3. The Hall–Kier alpha value is -3.13. The number of aryl methyl sites for hydroxylation is 2. The fourth-order valence-corrected chi connectivity index (χ4v) is 4.63. The van der Waals surface area contributed by atoms with Gasteiger partial charge in [0.25, 0.3) is 0 Å². The van der Waals surface area contributed by atoms with E-state index < -0.39 is 27.4 Å². The van der Waals surface area contributed by atoms with Crippen LogP contribution in [0.2, 0.25) is 0 Å². The topological polar surface area (TPSA) is 87.5 Å². The number of hydrogen-bond acceptors (Lipinski definition) is 6. The molecular weight excluding hydrogens is 428 g/mol. The quantitative estimate of drug-likeness (QED) is 0.509. The Balaban J connectivity index is 2.04. The maximum atomic E-state index is 13.5. The standard InChI is InChI=1S/C24H28N2O5S/c1-16-12-14-20(15-13-16)32(28,29)21-17(2)25-26(24(4,5)6)22(21)31-23(27)18(3)30-19-10-8-7-9-11-19/h7-15,18H,1-6H3. The summed E-state index contributed by atoms with van der Waals surface area (Å²) < 4.78 is 39.7. The Morgan fingerprint density at radius 1 is 1.00 bits per heavy atom. The molecule has 8 heteroatoms. The molecule has 0 fully saturated rings. The summed E-state index contributed by atoms with van der Waals surface area (Å²) in [6.07, 6.45) is -0.962. The highest BCUT2D eigenvalue weighted by Gasteiger charge is 2.35. The van der Waals surface area contributed by atoms with Gasteiger partial charge in [0.1, 0.15) is 5.75 Å². The number of sulfone groups is 1. The average molecular weight is 457 g/mol. The van der Waals surface area contributed by atoms with Crippen molar-refractivity contribution in [3.05, 3.63) is 65.9 Å². The van der Waals surface area contributed by atoms with Gasteiger partial charge in [0.05, 0.1) is 16.1 Å². The van der Waals surface area contributed by atoms with Crippen LogP contribution in [-0.2, 0) is 20.2 Å². The van der Waals surface area contributed by atoms with Gasteiger partial charge in [-0.05, 0) is 65.8 Å². The highest BCUT2D eigenvalue weighted by Crippen LogP contribution is 2.36. The minimum absolute atomic E-state index is 0.102. The summed E-state index contributed by atoms with van der Waals surface area (Å²) in [5.41, 5.74) is 0.551. The summed E-state index contributed by atoms with van der Waals surface area (Å²) in [7, 11) is -3.99. The minimum Gasteiger partial charge on any atom is -0.479 e. The number of benzene rings is 2. The fourth-order valence-electron chi connectivity index (χ4n) is 3.11. The number of para-hydroxylation sites is 1. The van der Waals surface area contributed by atoms with E-state index in [1.54, 1.807) is 50.2 Å². The summed E-state index contributed by atoms with van der Waals surface area (Å²) in [5, 5.41) is 4.41. The van der Waals surface area contributed by atoms with E-state index in [2.05, 4.69) is 5.10 Å². The molecule has 0 aliphatic carbocycles. The Labute approximate surface area is 188 Å². The highest BCUT2D eigenvalue weighted by molar-refractivity contribution is 7.91. The molecule has 0 saturated heterocycles. The zero-order valence-electron chi connectivity index (χ0n) is 19.1. The summed E-state index contributed by atoms with van der Waals surface area (Å²) in [4.78, 5) is 12.9. The molecule has 0 amide bonds. The van der Waals surface area contributed by atoms with Crippen molar-refractivity contribution in [2.24, 2.45) is 0 Å². The Morgan fingerprint density at radius 3 is 2.16 bits per heavy atom. The average Bonchev–Trinajstić information content (AvgIpc) is 3.06. The SMILES string of the molecule is Cc1ccc(S(=O)(=O)c2c(C)nn(C(C)(C)C)c2OC(=O)C(C)Oc2ccccc2)cc1. The van der Waals surface area contributed by atoms with Crippen molar-refractivity contribution in [2.75, 3.05) is 0 Å². The van der Waals surface area contributed by atoms with Crippen LogP contribution >= 0.6 is 0 Å². The van der Waals surface area contributed by atoms with E-state index in [0.29, 0.717) is 5.75 Å². The largest absolute Gasteiger partial charge is 0.479 e. The number of ether oxygens (including phenoxy) is 2. The van der Waals surface area contributed by atoms with Crippen molar-refractivity contribution >= 4 is 15.8 Å². The number of rotatable bonds is 6. The van der Waals surface area contributed by atoms with Gasteiger partial charge in [0.2, 0.25) is 15.7 Å². The third-order valence-electron chi connectivity index (χ3n) is 4.79. The smallest absolute Gasteiger partial charge is 0.353 e. The van der Waals surface area contributed by atoms with Gasteiger partial charge in [0.15, 0.2) is 11.0 Å². The molecule has 0 bridgehead atoms. The van der Waals surface area contributed by atoms with Crippen LogP contribution in [0.5, 0.6) is 11.6 Å². The second-order valence-corrected chi connectivity index (χ2v) is 10.5. The molecule has 1 atom stereocenters.